The van der Waals surface area contributed by atoms with Gasteiger partial charge in [0, 0.05) is 58.5 Å². The summed E-state index contributed by atoms with van der Waals surface area (Å²) in [5.41, 5.74) is 18.5. The van der Waals surface area contributed by atoms with Crippen molar-refractivity contribution in [3.05, 3.63) is 296 Å². The van der Waals surface area contributed by atoms with Crippen LogP contribution in [0.4, 0.5) is 17.6 Å². The zero-order valence-electron chi connectivity index (χ0n) is 40.8. The normalized spacial score (nSPS) is 13.0. The van der Waals surface area contributed by atoms with Crippen LogP contribution in [0.25, 0.3) is 106 Å². The molecule has 0 radical (unpaired) electrons. The summed E-state index contributed by atoms with van der Waals surface area (Å²) in [6.45, 7) is 0. The predicted molar refractivity (Wildman–Crippen MR) is 300 cm³/mol. The second-order valence-corrected chi connectivity index (χ2v) is 18.7. The molecule has 0 bridgehead atoms. The minimum atomic E-state index is -0.682. The summed E-state index contributed by atoms with van der Waals surface area (Å²) in [6, 6.07) is 73.3. The number of allylic oxidation sites excluding steroid dienone is 2. The highest BCUT2D eigenvalue weighted by molar-refractivity contribution is 5.97. The second kappa shape index (κ2) is 20.7. The summed E-state index contributed by atoms with van der Waals surface area (Å²) in [4.78, 5) is 9.80. The zero-order chi connectivity index (χ0) is 51.5. The Morgan fingerprint density at radius 2 is 0.816 bits per heavy atom. The molecule has 9 aromatic carbocycles. The van der Waals surface area contributed by atoms with Crippen LogP contribution in [-0.4, -0.2) is 9.97 Å². The molecule has 76 heavy (non-hydrogen) atoms. The second-order valence-electron chi connectivity index (χ2n) is 18.7. The smallest absolute Gasteiger partial charge is 0.135 e. The standard InChI is InChI=1S/C69H45F4N3/c70-53-29-31-61(65(72)38-53)67-33-27-48(41-74-67)55-17-7-9-19-57(55)50-35-51(58-20-10-8-18-56(58)49-28-34-68(75-42-49)62-32-30-54(71)39-66(62)73)37-52(36-50)59-21-11-12-22-60(59)64-43-76-69(47-15-5-2-6-16-47)40-63(64)46-25-23-45(24-26-46)44-13-3-1-4-14-44/h1-43,67,74H. The van der Waals surface area contributed by atoms with Crippen LogP contribution in [0.5, 0.6) is 0 Å². The zero-order valence-corrected chi connectivity index (χ0v) is 40.8. The van der Waals surface area contributed by atoms with E-state index in [1.807, 2.05) is 79.1 Å². The van der Waals surface area contributed by atoms with Crippen molar-refractivity contribution in [2.45, 2.75) is 6.04 Å². The van der Waals surface area contributed by atoms with Crippen LogP contribution in [-0.2, 0) is 0 Å². The lowest BCUT2D eigenvalue weighted by Crippen LogP contribution is -2.18. The van der Waals surface area contributed by atoms with Gasteiger partial charge in [-0.3, -0.25) is 9.97 Å². The van der Waals surface area contributed by atoms with Gasteiger partial charge in [-0.25, -0.2) is 17.6 Å². The molecule has 1 aliphatic rings. The van der Waals surface area contributed by atoms with Gasteiger partial charge in [-0.1, -0.05) is 182 Å². The molecule has 1 unspecified atom stereocenters. The van der Waals surface area contributed by atoms with Crippen LogP contribution >= 0.6 is 0 Å². The molecule has 12 rings (SSSR count). The molecular formula is C69H45F4N3. The van der Waals surface area contributed by atoms with Crippen molar-refractivity contribution < 1.29 is 17.6 Å². The number of nitrogens with zero attached hydrogens (tertiary/aromatic N) is 2. The van der Waals surface area contributed by atoms with Crippen LogP contribution < -0.4 is 5.32 Å². The summed E-state index contributed by atoms with van der Waals surface area (Å²) in [6.07, 6.45) is 9.48. The molecule has 364 valence electrons. The summed E-state index contributed by atoms with van der Waals surface area (Å²) in [5, 5.41) is 3.35. The highest BCUT2D eigenvalue weighted by Gasteiger charge is 2.21. The van der Waals surface area contributed by atoms with E-state index in [2.05, 4.69) is 144 Å². The molecule has 1 aliphatic heterocycles. The van der Waals surface area contributed by atoms with Gasteiger partial charge in [-0.05, 0) is 126 Å². The Labute approximate surface area is 438 Å². The summed E-state index contributed by atoms with van der Waals surface area (Å²) >= 11 is 0. The lowest BCUT2D eigenvalue weighted by atomic mass is 9.85. The fraction of sp³-hybridized carbons (Fsp3) is 0.0145. The Bertz CT molecular complexity index is 4000. The van der Waals surface area contributed by atoms with E-state index in [1.165, 1.54) is 24.3 Å². The fourth-order valence-corrected chi connectivity index (χ4v) is 10.2. The number of benzene rings is 9. The van der Waals surface area contributed by atoms with E-state index in [4.69, 9.17) is 4.98 Å². The van der Waals surface area contributed by atoms with Crippen LogP contribution in [0.15, 0.2) is 261 Å². The maximum absolute atomic E-state index is 15.0. The third kappa shape index (κ3) is 9.54. The van der Waals surface area contributed by atoms with E-state index in [9.17, 15) is 17.6 Å². The Morgan fingerprint density at radius 3 is 1.41 bits per heavy atom. The Morgan fingerprint density at radius 1 is 0.316 bits per heavy atom. The number of halogens is 4. The SMILES string of the molecule is Fc1ccc(-c2ccc(-c3ccccc3-c3cc(-c4ccccc4C4=CNC(c5ccc(F)cc5F)C=C4)cc(-c4ccccc4-c4cnc(-c5ccccc5)cc4-c4ccc(-c5ccccc5)cc4)c3)cn2)c(F)c1. The van der Waals surface area contributed by atoms with Crippen molar-refractivity contribution in [1.29, 1.82) is 0 Å². The molecule has 0 saturated heterocycles. The van der Waals surface area contributed by atoms with Gasteiger partial charge in [0.1, 0.15) is 23.3 Å². The lowest BCUT2D eigenvalue weighted by Gasteiger charge is -2.22. The molecule has 3 nitrogen and oxygen atoms in total. The number of hydrogen-bond donors (Lipinski definition) is 1. The van der Waals surface area contributed by atoms with Gasteiger partial charge in [0.2, 0.25) is 0 Å². The molecule has 0 amide bonds. The third-order valence-electron chi connectivity index (χ3n) is 14.0. The first kappa shape index (κ1) is 47.3. The average Bonchev–Trinajstić information content (AvgIpc) is 3.49. The van der Waals surface area contributed by atoms with Crippen molar-refractivity contribution in [2.75, 3.05) is 0 Å². The van der Waals surface area contributed by atoms with Crippen molar-refractivity contribution in [3.63, 3.8) is 0 Å². The molecular weight excluding hydrogens is 947 g/mol. The van der Waals surface area contributed by atoms with Crippen molar-refractivity contribution in [2.24, 2.45) is 0 Å². The summed E-state index contributed by atoms with van der Waals surface area (Å²) < 4.78 is 57.7. The Hall–Kier alpha value is -9.72. The Balaban J connectivity index is 1.01. The van der Waals surface area contributed by atoms with E-state index in [-0.39, 0.29) is 5.56 Å². The number of aromatic nitrogens is 2. The number of nitrogens with one attached hydrogen (secondary N) is 1. The first-order valence-corrected chi connectivity index (χ1v) is 25.0. The van der Waals surface area contributed by atoms with Crippen LogP contribution in [0.3, 0.4) is 0 Å². The van der Waals surface area contributed by atoms with E-state index < -0.39 is 29.3 Å². The van der Waals surface area contributed by atoms with E-state index in [0.29, 0.717) is 11.3 Å². The lowest BCUT2D eigenvalue weighted by molar-refractivity contribution is 0.559. The molecule has 7 heteroatoms. The third-order valence-corrected chi connectivity index (χ3v) is 14.0. The highest BCUT2D eigenvalue weighted by atomic mass is 19.1. The molecule has 3 heterocycles. The van der Waals surface area contributed by atoms with Crippen molar-refractivity contribution >= 4 is 5.57 Å². The largest absolute Gasteiger partial charge is 0.380 e. The number of dihydropyridines is 1. The first-order valence-electron chi connectivity index (χ1n) is 25.0. The molecule has 0 aliphatic carbocycles. The summed E-state index contributed by atoms with van der Waals surface area (Å²) in [7, 11) is 0. The van der Waals surface area contributed by atoms with Gasteiger partial charge in [0.15, 0.2) is 0 Å². The maximum Gasteiger partial charge on any atom is 0.135 e. The van der Waals surface area contributed by atoms with Crippen LogP contribution in [0.2, 0.25) is 0 Å². The monoisotopic (exact) mass is 991 g/mol. The van der Waals surface area contributed by atoms with E-state index >= 15 is 0 Å². The maximum atomic E-state index is 15.0. The van der Waals surface area contributed by atoms with Crippen molar-refractivity contribution in [3.8, 4) is 100 Å². The fourth-order valence-electron chi connectivity index (χ4n) is 10.2. The molecule has 11 aromatic rings. The molecule has 2 aromatic heterocycles. The molecule has 1 atom stereocenters. The average molecular weight is 992 g/mol. The quantitative estimate of drug-likeness (QED) is 0.131. The predicted octanol–water partition coefficient (Wildman–Crippen LogP) is 18.3. The minimum Gasteiger partial charge on any atom is -0.380 e. The minimum absolute atomic E-state index is 0.212. The first-order chi connectivity index (χ1) is 37.3. The van der Waals surface area contributed by atoms with Gasteiger partial charge in [-0.2, -0.15) is 0 Å². The van der Waals surface area contributed by atoms with Gasteiger partial charge in [0.05, 0.1) is 17.4 Å². The number of pyridine rings is 2. The van der Waals surface area contributed by atoms with E-state index in [1.54, 1.807) is 12.3 Å². The number of hydrogen-bond acceptors (Lipinski definition) is 3. The van der Waals surface area contributed by atoms with E-state index in [0.717, 1.165) is 112 Å². The van der Waals surface area contributed by atoms with Crippen LogP contribution in [0.1, 0.15) is 17.2 Å². The van der Waals surface area contributed by atoms with Gasteiger partial charge in [-0.15, -0.1) is 0 Å². The highest BCUT2D eigenvalue weighted by Crippen LogP contribution is 2.44. The summed E-state index contributed by atoms with van der Waals surface area (Å²) in [5.74, 6) is -2.58. The van der Waals surface area contributed by atoms with Crippen LogP contribution in [0, 0.1) is 23.3 Å². The van der Waals surface area contributed by atoms with Gasteiger partial charge < -0.3 is 5.32 Å². The number of rotatable bonds is 11. The topological polar surface area (TPSA) is 37.8 Å². The van der Waals surface area contributed by atoms with Crippen molar-refractivity contribution in [1.82, 2.24) is 15.3 Å². The van der Waals surface area contributed by atoms with Gasteiger partial charge >= 0.3 is 0 Å². The molecule has 0 spiro atoms. The molecule has 0 fully saturated rings. The van der Waals surface area contributed by atoms with Gasteiger partial charge in [0.25, 0.3) is 0 Å². The molecule has 0 saturated carbocycles. The molecule has 1 N–H and O–H groups in total. The Kier molecular flexibility index (Phi) is 12.9.